The number of alkyl halides is 4. The molecule has 3 aromatic rings. The van der Waals surface area contributed by atoms with Gasteiger partial charge in [0.15, 0.2) is 0 Å². The Morgan fingerprint density at radius 1 is 0.979 bits per heavy atom. The molecule has 1 N–H and O–H groups in total. The summed E-state index contributed by atoms with van der Waals surface area (Å²) in [6, 6.07) is 17.9. The minimum Gasteiger partial charge on any atom is -0.497 e. The van der Waals surface area contributed by atoms with Gasteiger partial charge in [-0.25, -0.2) is 9.18 Å². The maximum absolute atomic E-state index is 17.3. The molecule has 0 spiro atoms. The van der Waals surface area contributed by atoms with Crippen LogP contribution in [0.15, 0.2) is 66.7 Å². The minimum atomic E-state index is -4.65. The standard InChI is InChI=1S/C36H37F4N3O4/c1-33(2,3)43-20-30(24-9-12-27(47-4)13-10-24)35(37,22-43)32(46)42-17-15-34(21-41,16-18-42)29-14-11-26(36(38,39)40)19-28(29)23-5-7-25(8-6-23)31(44)45/h5-14,19,30H,15-18,20,22H2,1-4H3,(H,44,45)/t30-,35-/m0/s1. The van der Waals surface area contributed by atoms with Crippen LogP contribution in [-0.4, -0.2) is 71.3 Å². The summed E-state index contributed by atoms with van der Waals surface area (Å²) in [5.41, 5.74) is -3.39. The fourth-order valence-electron chi connectivity index (χ4n) is 6.72. The number of hydrogen-bond acceptors (Lipinski definition) is 5. The third-order valence-corrected chi connectivity index (χ3v) is 9.62. The molecule has 2 aliphatic rings. The molecule has 2 aliphatic heterocycles. The summed E-state index contributed by atoms with van der Waals surface area (Å²) in [7, 11) is 1.54. The minimum absolute atomic E-state index is 0.0291. The number of carboxylic acids is 1. The number of halogens is 4. The van der Waals surface area contributed by atoms with Gasteiger partial charge in [0.1, 0.15) is 5.75 Å². The van der Waals surface area contributed by atoms with Gasteiger partial charge in [-0.1, -0.05) is 30.3 Å². The predicted octanol–water partition coefficient (Wildman–Crippen LogP) is 7.07. The number of hydrogen-bond donors (Lipinski definition) is 1. The lowest BCUT2D eigenvalue weighted by Crippen LogP contribution is -2.55. The zero-order valence-corrected chi connectivity index (χ0v) is 26.7. The molecule has 2 fully saturated rings. The Kier molecular flexibility index (Phi) is 8.88. The number of ether oxygens (including phenoxy) is 1. The van der Waals surface area contributed by atoms with E-state index in [0.717, 1.165) is 12.1 Å². The molecule has 2 atom stereocenters. The lowest BCUT2D eigenvalue weighted by Gasteiger charge is -2.41. The van der Waals surface area contributed by atoms with E-state index in [-0.39, 0.29) is 43.6 Å². The summed E-state index contributed by atoms with van der Waals surface area (Å²) >= 11 is 0. The Morgan fingerprint density at radius 2 is 1.60 bits per heavy atom. The van der Waals surface area contributed by atoms with Gasteiger partial charge in [0.25, 0.3) is 5.91 Å². The molecule has 2 heterocycles. The summed E-state index contributed by atoms with van der Waals surface area (Å²) in [6.07, 6.45) is -4.50. The highest BCUT2D eigenvalue weighted by molar-refractivity contribution is 5.89. The van der Waals surface area contributed by atoms with Crippen molar-refractivity contribution >= 4 is 11.9 Å². The molecular formula is C36H37F4N3O4. The highest BCUT2D eigenvalue weighted by Gasteiger charge is 2.57. The Hall–Kier alpha value is -4.43. The van der Waals surface area contributed by atoms with Crippen molar-refractivity contribution in [3.63, 3.8) is 0 Å². The molecule has 2 saturated heterocycles. The second-order valence-electron chi connectivity index (χ2n) is 13.4. The SMILES string of the molecule is COc1ccc([C@@H]2CN(C(C)(C)C)C[C@@]2(F)C(=O)N2CCC(C#N)(c3ccc(C(F)(F)F)cc3-c3ccc(C(=O)O)cc3)CC2)cc1. The predicted molar refractivity (Wildman–Crippen MR) is 168 cm³/mol. The molecule has 1 amide bonds. The first-order valence-electron chi connectivity index (χ1n) is 15.4. The van der Waals surface area contributed by atoms with Gasteiger partial charge >= 0.3 is 12.1 Å². The van der Waals surface area contributed by atoms with Crippen LogP contribution in [0.1, 0.15) is 66.6 Å². The molecule has 0 aliphatic carbocycles. The van der Waals surface area contributed by atoms with Crippen LogP contribution in [0.3, 0.4) is 0 Å². The zero-order chi connectivity index (χ0) is 34.4. The second-order valence-corrected chi connectivity index (χ2v) is 13.4. The third kappa shape index (κ3) is 6.44. The molecule has 0 radical (unpaired) electrons. The fourth-order valence-corrected chi connectivity index (χ4v) is 6.72. The van der Waals surface area contributed by atoms with E-state index in [2.05, 4.69) is 6.07 Å². The van der Waals surface area contributed by atoms with Crippen LogP contribution >= 0.6 is 0 Å². The summed E-state index contributed by atoms with van der Waals surface area (Å²) < 4.78 is 63.9. The molecule has 0 bridgehead atoms. The molecule has 0 unspecified atom stereocenters. The fraction of sp³-hybridized carbons (Fsp3) is 0.417. The molecule has 0 saturated carbocycles. The number of likely N-dealkylation sites (tertiary alicyclic amines) is 2. The summed E-state index contributed by atoms with van der Waals surface area (Å²) in [4.78, 5) is 28.9. The summed E-state index contributed by atoms with van der Waals surface area (Å²) in [6.45, 7) is 6.17. The number of nitrogens with zero attached hydrogens (tertiary/aromatic N) is 3. The van der Waals surface area contributed by atoms with Crippen molar-refractivity contribution in [1.29, 1.82) is 5.26 Å². The first-order valence-corrected chi connectivity index (χ1v) is 15.4. The van der Waals surface area contributed by atoms with Crippen LogP contribution in [0.25, 0.3) is 11.1 Å². The van der Waals surface area contributed by atoms with Crippen molar-refractivity contribution in [3.05, 3.63) is 89.0 Å². The van der Waals surface area contributed by atoms with E-state index in [1.165, 1.54) is 42.3 Å². The van der Waals surface area contributed by atoms with E-state index in [0.29, 0.717) is 29.0 Å². The van der Waals surface area contributed by atoms with Gasteiger partial charge in [0, 0.05) is 37.6 Å². The topological polar surface area (TPSA) is 93.9 Å². The molecular weight excluding hydrogens is 614 g/mol. The van der Waals surface area contributed by atoms with Crippen molar-refractivity contribution in [2.24, 2.45) is 0 Å². The summed E-state index contributed by atoms with van der Waals surface area (Å²) in [5, 5.41) is 19.8. The number of amides is 1. The number of benzene rings is 3. The Morgan fingerprint density at radius 3 is 2.11 bits per heavy atom. The smallest absolute Gasteiger partial charge is 0.416 e. The monoisotopic (exact) mass is 651 g/mol. The van der Waals surface area contributed by atoms with Crippen LogP contribution in [-0.2, 0) is 16.4 Å². The molecule has 7 nitrogen and oxygen atoms in total. The number of methoxy groups -OCH3 is 1. The van der Waals surface area contributed by atoms with E-state index in [9.17, 15) is 33.1 Å². The number of piperidine rings is 1. The van der Waals surface area contributed by atoms with Gasteiger partial charge in [0.2, 0.25) is 5.67 Å². The average Bonchev–Trinajstić information content (AvgIpc) is 3.43. The van der Waals surface area contributed by atoms with E-state index in [1.807, 2.05) is 25.7 Å². The van der Waals surface area contributed by atoms with E-state index < -0.39 is 46.2 Å². The maximum Gasteiger partial charge on any atom is 0.416 e. The van der Waals surface area contributed by atoms with Crippen molar-refractivity contribution in [2.45, 2.75) is 62.3 Å². The van der Waals surface area contributed by atoms with Crippen molar-refractivity contribution < 1.29 is 37.0 Å². The number of nitriles is 1. The average molecular weight is 652 g/mol. The lowest BCUT2D eigenvalue weighted by atomic mass is 9.71. The largest absolute Gasteiger partial charge is 0.497 e. The van der Waals surface area contributed by atoms with Gasteiger partial charge in [-0.2, -0.15) is 18.4 Å². The molecule has 3 aromatic carbocycles. The molecule has 47 heavy (non-hydrogen) atoms. The van der Waals surface area contributed by atoms with Gasteiger partial charge in [-0.15, -0.1) is 0 Å². The number of carbonyl (C=O) groups is 2. The van der Waals surface area contributed by atoms with Crippen LogP contribution in [0.5, 0.6) is 5.75 Å². The third-order valence-electron chi connectivity index (χ3n) is 9.62. The van der Waals surface area contributed by atoms with Crippen LogP contribution in [0.4, 0.5) is 17.6 Å². The first-order chi connectivity index (χ1) is 22.0. The Labute approximate surface area is 271 Å². The maximum atomic E-state index is 17.3. The quantitative estimate of drug-likeness (QED) is 0.287. The van der Waals surface area contributed by atoms with Crippen LogP contribution in [0, 0.1) is 11.3 Å². The molecule has 0 aromatic heterocycles. The van der Waals surface area contributed by atoms with E-state index >= 15 is 4.39 Å². The van der Waals surface area contributed by atoms with Crippen molar-refractivity contribution in [3.8, 4) is 22.9 Å². The lowest BCUT2D eigenvalue weighted by molar-refractivity contribution is -0.146. The first kappa shape index (κ1) is 33.9. The number of aromatic carboxylic acids is 1. The van der Waals surface area contributed by atoms with Crippen LogP contribution in [0.2, 0.25) is 0 Å². The zero-order valence-electron chi connectivity index (χ0n) is 26.7. The van der Waals surface area contributed by atoms with Gasteiger partial charge in [-0.3, -0.25) is 9.69 Å². The second kappa shape index (κ2) is 12.3. The number of carbonyl (C=O) groups excluding carboxylic acids is 1. The van der Waals surface area contributed by atoms with E-state index in [4.69, 9.17) is 4.74 Å². The van der Waals surface area contributed by atoms with Crippen LogP contribution < -0.4 is 4.74 Å². The Bertz CT molecular complexity index is 1690. The molecule has 248 valence electrons. The Balaban J connectivity index is 1.46. The highest BCUT2D eigenvalue weighted by Crippen LogP contribution is 2.46. The van der Waals surface area contributed by atoms with E-state index in [1.54, 1.807) is 24.3 Å². The van der Waals surface area contributed by atoms with Gasteiger partial charge in [-0.05, 0) is 92.3 Å². The van der Waals surface area contributed by atoms with Gasteiger partial charge in [0.05, 0.1) is 29.7 Å². The number of carboxylic acid groups (broad SMARTS) is 1. The normalized spacial score (nSPS) is 21.7. The number of rotatable bonds is 6. The highest BCUT2D eigenvalue weighted by atomic mass is 19.4. The van der Waals surface area contributed by atoms with Gasteiger partial charge < -0.3 is 14.7 Å². The van der Waals surface area contributed by atoms with Crippen molar-refractivity contribution in [2.75, 3.05) is 33.3 Å². The van der Waals surface area contributed by atoms with Crippen molar-refractivity contribution in [1.82, 2.24) is 9.80 Å². The summed E-state index contributed by atoms with van der Waals surface area (Å²) in [5.74, 6) is -2.00. The molecule has 5 rings (SSSR count). The molecule has 11 heteroatoms.